The van der Waals surface area contributed by atoms with E-state index in [1.807, 2.05) is 6.92 Å². The second-order valence-electron chi connectivity index (χ2n) is 5.15. The Kier molecular flexibility index (Phi) is 4.32. The van der Waals surface area contributed by atoms with Gasteiger partial charge in [-0.3, -0.25) is 9.59 Å². The van der Waals surface area contributed by atoms with Crippen molar-refractivity contribution in [2.45, 2.75) is 25.8 Å². The first-order valence-corrected chi connectivity index (χ1v) is 7.28. The van der Waals surface area contributed by atoms with Crippen molar-refractivity contribution in [3.63, 3.8) is 0 Å². The summed E-state index contributed by atoms with van der Waals surface area (Å²) >= 11 is 3.18. The Labute approximate surface area is 125 Å². The van der Waals surface area contributed by atoms with Gasteiger partial charge in [-0.05, 0) is 53.9 Å². The highest BCUT2D eigenvalue weighted by molar-refractivity contribution is 9.10. The van der Waals surface area contributed by atoms with Gasteiger partial charge in [0.1, 0.15) is 5.75 Å². The molecule has 1 aromatic carbocycles. The molecule has 108 valence electrons. The van der Waals surface area contributed by atoms with E-state index in [9.17, 15) is 14.7 Å². The van der Waals surface area contributed by atoms with Crippen molar-refractivity contribution in [2.24, 2.45) is 11.7 Å². The molecule has 0 bridgehead atoms. The number of piperidine rings is 1. The molecule has 1 saturated heterocycles. The Morgan fingerprint density at radius 3 is 2.70 bits per heavy atom. The van der Waals surface area contributed by atoms with Crippen LogP contribution >= 0.6 is 15.9 Å². The molecule has 0 spiro atoms. The smallest absolute Gasteiger partial charge is 0.254 e. The summed E-state index contributed by atoms with van der Waals surface area (Å²) in [5, 5.41) is 9.66. The summed E-state index contributed by atoms with van der Waals surface area (Å²) in [7, 11) is 0. The monoisotopic (exact) mass is 340 g/mol. The van der Waals surface area contributed by atoms with Gasteiger partial charge in [0.2, 0.25) is 5.91 Å². The highest BCUT2D eigenvalue weighted by Crippen LogP contribution is 2.27. The van der Waals surface area contributed by atoms with Crippen LogP contribution in [0.2, 0.25) is 0 Å². The van der Waals surface area contributed by atoms with E-state index >= 15 is 0 Å². The molecule has 5 nitrogen and oxygen atoms in total. The van der Waals surface area contributed by atoms with Crippen LogP contribution in [0.4, 0.5) is 0 Å². The third-order valence-electron chi connectivity index (χ3n) is 3.74. The number of likely N-dealkylation sites (tertiary alicyclic amines) is 1. The molecule has 20 heavy (non-hydrogen) atoms. The van der Waals surface area contributed by atoms with Crippen molar-refractivity contribution in [3.05, 3.63) is 28.2 Å². The molecule has 2 unspecified atom stereocenters. The van der Waals surface area contributed by atoms with Gasteiger partial charge in [-0.1, -0.05) is 0 Å². The largest absolute Gasteiger partial charge is 0.507 e. The molecule has 1 aliphatic heterocycles. The molecule has 1 aliphatic rings. The van der Waals surface area contributed by atoms with Gasteiger partial charge in [-0.2, -0.15) is 0 Å². The Balaban J connectivity index is 2.21. The van der Waals surface area contributed by atoms with Crippen molar-refractivity contribution in [1.29, 1.82) is 0 Å². The van der Waals surface area contributed by atoms with E-state index in [0.29, 0.717) is 23.0 Å². The molecule has 1 heterocycles. The lowest BCUT2D eigenvalue weighted by atomic mass is 9.92. The quantitative estimate of drug-likeness (QED) is 0.862. The molecule has 2 rings (SSSR count). The van der Waals surface area contributed by atoms with Crippen LogP contribution in [0.5, 0.6) is 5.75 Å². The number of amides is 2. The van der Waals surface area contributed by atoms with Crippen LogP contribution in [0.25, 0.3) is 0 Å². The zero-order valence-corrected chi connectivity index (χ0v) is 12.8. The highest BCUT2D eigenvalue weighted by atomic mass is 79.9. The molecule has 0 saturated carbocycles. The number of nitrogens with two attached hydrogens (primary N) is 1. The van der Waals surface area contributed by atoms with Gasteiger partial charge in [-0.25, -0.2) is 0 Å². The molecule has 1 aromatic rings. The normalized spacial score (nSPS) is 22.6. The Morgan fingerprint density at radius 1 is 1.40 bits per heavy atom. The van der Waals surface area contributed by atoms with Crippen molar-refractivity contribution >= 4 is 27.7 Å². The minimum Gasteiger partial charge on any atom is -0.507 e. The molecule has 1 fully saturated rings. The first kappa shape index (κ1) is 14.8. The van der Waals surface area contributed by atoms with Gasteiger partial charge in [0.15, 0.2) is 0 Å². The molecule has 2 amide bonds. The average Bonchev–Trinajstić information content (AvgIpc) is 2.41. The lowest BCUT2D eigenvalue weighted by Crippen LogP contribution is -2.48. The number of phenolic OH excluding ortho intramolecular Hbond substituents is 1. The van der Waals surface area contributed by atoms with E-state index in [1.165, 1.54) is 6.07 Å². The van der Waals surface area contributed by atoms with Gasteiger partial charge in [0.05, 0.1) is 10.4 Å². The van der Waals surface area contributed by atoms with Crippen LogP contribution in [-0.4, -0.2) is 34.4 Å². The summed E-state index contributed by atoms with van der Waals surface area (Å²) < 4.78 is 0.538. The predicted molar refractivity (Wildman–Crippen MR) is 78.2 cm³/mol. The van der Waals surface area contributed by atoms with E-state index in [0.717, 1.165) is 6.42 Å². The van der Waals surface area contributed by atoms with E-state index in [1.54, 1.807) is 17.0 Å². The number of hydrogen-bond acceptors (Lipinski definition) is 3. The van der Waals surface area contributed by atoms with Crippen LogP contribution in [-0.2, 0) is 4.79 Å². The Hall–Kier alpha value is -1.56. The maximum Gasteiger partial charge on any atom is 0.254 e. The number of benzene rings is 1. The number of halogens is 1. The third kappa shape index (κ3) is 2.95. The van der Waals surface area contributed by atoms with Crippen molar-refractivity contribution in [1.82, 2.24) is 4.90 Å². The zero-order valence-electron chi connectivity index (χ0n) is 11.2. The summed E-state index contributed by atoms with van der Waals surface area (Å²) in [6.45, 7) is 2.29. The lowest BCUT2D eigenvalue weighted by Gasteiger charge is -2.37. The highest BCUT2D eigenvalue weighted by Gasteiger charge is 2.32. The number of nitrogens with zero attached hydrogens (tertiary/aromatic N) is 1. The first-order valence-electron chi connectivity index (χ1n) is 6.49. The number of carbonyl (C=O) groups is 2. The van der Waals surface area contributed by atoms with E-state index in [-0.39, 0.29) is 29.5 Å². The number of hydrogen-bond donors (Lipinski definition) is 2. The Bertz CT molecular complexity index is 547. The maximum absolute atomic E-state index is 12.5. The second-order valence-corrected chi connectivity index (χ2v) is 6.00. The average molecular weight is 341 g/mol. The molecule has 0 aromatic heterocycles. The molecule has 6 heteroatoms. The van der Waals surface area contributed by atoms with Gasteiger partial charge >= 0.3 is 0 Å². The van der Waals surface area contributed by atoms with Crippen molar-refractivity contribution in [3.8, 4) is 5.75 Å². The van der Waals surface area contributed by atoms with Crippen LogP contribution in [0.15, 0.2) is 22.7 Å². The number of primary amides is 1. The van der Waals surface area contributed by atoms with Crippen LogP contribution < -0.4 is 5.73 Å². The summed E-state index contributed by atoms with van der Waals surface area (Å²) in [5.41, 5.74) is 5.74. The summed E-state index contributed by atoms with van der Waals surface area (Å²) in [6, 6.07) is 4.76. The molecule has 3 N–H and O–H groups in total. The topological polar surface area (TPSA) is 83.6 Å². The number of aromatic hydroxyl groups is 1. The van der Waals surface area contributed by atoms with E-state index in [4.69, 9.17) is 5.73 Å². The van der Waals surface area contributed by atoms with Crippen molar-refractivity contribution < 1.29 is 14.7 Å². The lowest BCUT2D eigenvalue weighted by molar-refractivity contribution is -0.123. The summed E-state index contributed by atoms with van der Waals surface area (Å²) in [6.07, 6.45) is 1.47. The fourth-order valence-electron chi connectivity index (χ4n) is 2.43. The third-order valence-corrected chi connectivity index (χ3v) is 4.41. The van der Waals surface area contributed by atoms with Gasteiger partial charge < -0.3 is 15.7 Å². The fraction of sp³-hybridized carbons (Fsp3) is 0.429. The summed E-state index contributed by atoms with van der Waals surface area (Å²) in [4.78, 5) is 25.4. The number of rotatable bonds is 2. The zero-order chi connectivity index (χ0) is 14.9. The van der Waals surface area contributed by atoms with E-state index in [2.05, 4.69) is 15.9 Å². The van der Waals surface area contributed by atoms with Gasteiger partial charge in [0.25, 0.3) is 5.91 Å². The molecular weight excluding hydrogens is 324 g/mol. The SMILES string of the molecule is CC1CCC(C(N)=O)CN1C(=O)c1ccc(Br)c(O)c1. The van der Waals surface area contributed by atoms with Crippen molar-refractivity contribution in [2.75, 3.05) is 6.54 Å². The number of carbonyl (C=O) groups excluding carboxylic acids is 2. The molecule has 2 atom stereocenters. The van der Waals surface area contributed by atoms with Crippen LogP contribution in [0.3, 0.4) is 0 Å². The second kappa shape index (κ2) is 5.83. The maximum atomic E-state index is 12.5. The summed E-state index contributed by atoms with van der Waals surface area (Å²) in [5.74, 6) is -0.828. The van der Waals surface area contributed by atoms with Crippen LogP contribution in [0, 0.1) is 5.92 Å². The minimum atomic E-state index is -0.367. The predicted octanol–water partition coefficient (Wildman–Crippen LogP) is 1.88. The molecule has 0 aliphatic carbocycles. The van der Waals surface area contributed by atoms with Gasteiger partial charge in [-0.15, -0.1) is 0 Å². The molecular formula is C14H17BrN2O3. The van der Waals surface area contributed by atoms with Crippen LogP contribution in [0.1, 0.15) is 30.1 Å². The molecule has 0 radical (unpaired) electrons. The van der Waals surface area contributed by atoms with E-state index < -0.39 is 0 Å². The standard InChI is InChI=1S/C14H17BrN2O3/c1-8-2-3-10(13(16)19)7-17(8)14(20)9-4-5-11(15)12(18)6-9/h4-6,8,10,18H,2-3,7H2,1H3,(H2,16,19). The van der Waals surface area contributed by atoms with Gasteiger partial charge in [0, 0.05) is 18.2 Å². The first-order chi connectivity index (χ1) is 9.40. The Morgan fingerprint density at radius 2 is 2.10 bits per heavy atom. The minimum absolute atomic E-state index is 0.0203. The number of phenols is 1. The fourth-order valence-corrected chi connectivity index (χ4v) is 2.68.